The number of hydrogen-bond acceptors (Lipinski definition) is 2. The fourth-order valence-electron chi connectivity index (χ4n) is 2.51. The normalized spacial score (nSPS) is 41.1. The molecule has 2 heteroatoms. The third kappa shape index (κ3) is 1.50. The summed E-state index contributed by atoms with van der Waals surface area (Å²) in [5.74, 6) is 0.647. The average molecular weight is 184 g/mol. The summed E-state index contributed by atoms with van der Waals surface area (Å²) in [6.45, 7) is 6.22. The van der Waals surface area contributed by atoms with E-state index in [1.54, 1.807) is 0 Å². The van der Waals surface area contributed by atoms with Gasteiger partial charge in [0.05, 0.1) is 18.3 Å². The van der Waals surface area contributed by atoms with Crippen LogP contribution in [0, 0.1) is 11.3 Å². The lowest BCUT2D eigenvalue weighted by Gasteiger charge is -2.47. The quantitative estimate of drug-likeness (QED) is 0.675. The van der Waals surface area contributed by atoms with Crippen molar-refractivity contribution >= 4 is 0 Å². The number of aliphatic hydroxyl groups is 1. The monoisotopic (exact) mass is 184 g/mol. The minimum absolute atomic E-state index is 0.0434. The molecule has 1 aliphatic heterocycles. The molecule has 0 radical (unpaired) electrons. The van der Waals surface area contributed by atoms with Crippen molar-refractivity contribution in [2.45, 2.75) is 58.3 Å². The Morgan fingerprint density at radius 3 is 2.54 bits per heavy atom. The van der Waals surface area contributed by atoms with E-state index >= 15 is 0 Å². The Kier molecular flexibility index (Phi) is 2.16. The van der Waals surface area contributed by atoms with E-state index in [2.05, 4.69) is 20.8 Å². The van der Waals surface area contributed by atoms with Gasteiger partial charge in [0.15, 0.2) is 0 Å². The first kappa shape index (κ1) is 9.47. The number of ether oxygens (including phenoxy) is 1. The van der Waals surface area contributed by atoms with Crippen LogP contribution in [0.5, 0.6) is 0 Å². The first-order valence-corrected chi connectivity index (χ1v) is 5.33. The van der Waals surface area contributed by atoms with Gasteiger partial charge in [-0.1, -0.05) is 27.2 Å². The maximum atomic E-state index is 10.0. The average Bonchev–Trinajstić information content (AvgIpc) is 2.30. The van der Waals surface area contributed by atoms with Crippen LogP contribution in [-0.4, -0.2) is 23.4 Å². The molecule has 2 aliphatic rings. The van der Waals surface area contributed by atoms with Crippen LogP contribution in [-0.2, 0) is 4.74 Å². The maximum Gasteiger partial charge on any atom is 0.0895 e. The first-order chi connectivity index (χ1) is 6.00. The number of rotatable bonds is 1. The fourth-order valence-corrected chi connectivity index (χ4v) is 2.51. The Balaban J connectivity index is 1.96. The van der Waals surface area contributed by atoms with Crippen molar-refractivity contribution in [1.29, 1.82) is 0 Å². The molecule has 4 atom stereocenters. The topological polar surface area (TPSA) is 29.5 Å². The zero-order chi connectivity index (χ0) is 9.64. The van der Waals surface area contributed by atoms with Gasteiger partial charge in [-0.2, -0.15) is 0 Å². The summed E-state index contributed by atoms with van der Waals surface area (Å²) in [7, 11) is 0. The second-order valence-corrected chi connectivity index (χ2v) is 5.54. The molecule has 0 bridgehead atoms. The van der Waals surface area contributed by atoms with Gasteiger partial charge in [0.2, 0.25) is 0 Å². The van der Waals surface area contributed by atoms with Gasteiger partial charge in [0.25, 0.3) is 0 Å². The summed E-state index contributed by atoms with van der Waals surface area (Å²) >= 11 is 0. The lowest BCUT2D eigenvalue weighted by molar-refractivity contribution is -0.226. The fraction of sp³-hybridized carbons (Fsp3) is 1.00. The Morgan fingerprint density at radius 2 is 2.00 bits per heavy atom. The van der Waals surface area contributed by atoms with Crippen LogP contribution >= 0.6 is 0 Å². The van der Waals surface area contributed by atoms with Gasteiger partial charge in [-0.05, 0) is 18.3 Å². The predicted octanol–water partition coefficient (Wildman–Crippen LogP) is 1.96. The first-order valence-electron chi connectivity index (χ1n) is 5.33. The number of hydrogen-bond donors (Lipinski definition) is 1. The van der Waals surface area contributed by atoms with Gasteiger partial charge in [0.1, 0.15) is 0 Å². The molecule has 13 heavy (non-hydrogen) atoms. The molecule has 2 rings (SSSR count). The smallest absolute Gasteiger partial charge is 0.0895 e. The van der Waals surface area contributed by atoms with Crippen molar-refractivity contribution in [2.75, 3.05) is 0 Å². The van der Waals surface area contributed by atoms with Gasteiger partial charge in [0, 0.05) is 5.92 Å². The molecule has 0 aromatic carbocycles. The number of aliphatic hydroxyl groups excluding tert-OH is 1. The highest BCUT2D eigenvalue weighted by atomic mass is 16.5. The molecule has 1 heterocycles. The van der Waals surface area contributed by atoms with E-state index in [0.717, 1.165) is 0 Å². The van der Waals surface area contributed by atoms with E-state index in [0.29, 0.717) is 12.0 Å². The minimum Gasteiger partial charge on any atom is -0.390 e. The van der Waals surface area contributed by atoms with Gasteiger partial charge in [-0.25, -0.2) is 0 Å². The standard InChI is InChI=1S/C11H20O2/c1-11(2,3)10(12)9-7-5-4-6-8(7)13-9/h7-10,12H,4-6H2,1-3H3/t7-,8+,9-,10-/m1/s1. The molecule has 1 saturated carbocycles. The Labute approximate surface area is 80.3 Å². The minimum atomic E-state index is -0.299. The third-order valence-electron chi connectivity index (χ3n) is 3.46. The third-order valence-corrected chi connectivity index (χ3v) is 3.46. The molecule has 0 unspecified atom stereocenters. The summed E-state index contributed by atoms with van der Waals surface area (Å²) in [4.78, 5) is 0. The van der Waals surface area contributed by atoms with Gasteiger partial charge >= 0.3 is 0 Å². The van der Waals surface area contributed by atoms with Crippen molar-refractivity contribution in [3.05, 3.63) is 0 Å². The highest BCUT2D eigenvalue weighted by Gasteiger charge is 2.50. The SMILES string of the molecule is CC(C)(C)[C@H](O)[C@@H]1O[C@H]2CCC[C@@H]12. The summed E-state index contributed by atoms with van der Waals surface area (Å²) in [6.07, 6.45) is 4.03. The van der Waals surface area contributed by atoms with Gasteiger partial charge in [-0.3, -0.25) is 0 Å². The molecule has 1 saturated heterocycles. The van der Waals surface area contributed by atoms with Crippen LogP contribution in [0.4, 0.5) is 0 Å². The van der Waals surface area contributed by atoms with E-state index in [-0.39, 0.29) is 17.6 Å². The highest BCUT2D eigenvalue weighted by Crippen LogP contribution is 2.45. The molecular weight excluding hydrogens is 164 g/mol. The Bertz CT molecular complexity index is 195. The molecule has 1 aliphatic carbocycles. The second-order valence-electron chi connectivity index (χ2n) is 5.54. The molecule has 2 fully saturated rings. The molecule has 0 amide bonds. The van der Waals surface area contributed by atoms with Crippen molar-refractivity contribution in [3.8, 4) is 0 Å². The summed E-state index contributed by atoms with van der Waals surface area (Å²) in [5, 5.41) is 10.0. The lowest BCUT2D eigenvalue weighted by Crippen LogP contribution is -2.55. The lowest BCUT2D eigenvalue weighted by atomic mass is 9.77. The zero-order valence-corrected chi connectivity index (χ0v) is 8.79. The van der Waals surface area contributed by atoms with Crippen molar-refractivity contribution in [3.63, 3.8) is 0 Å². The van der Waals surface area contributed by atoms with E-state index in [9.17, 15) is 5.11 Å². The van der Waals surface area contributed by atoms with E-state index in [4.69, 9.17) is 4.74 Å². The van der Waals surface area contributed by atoms with Crippen LogP contribution < -0.4 is 0 Å². The van der Waals surface area contributed by atoms with E-state index in [1.807, 2.05) is 0 Å². The number of fused-ring (bicyclic) bond motifs is 1. The summed E-state index contributed by atoms with van der Waals surface area (Å²) in [6, 6.07) is 0. The van der Waals surface area contributed by atoms with Crippen LogP contribution in [0.1, 0.15) is 40.0 Å². The van der Waals surface area contributed by atoms with E-state index in [1.165, 1.54) is 19.3 Å². The second kappa shape index (κ2) is 2.96. The van der Waals surface area contributed by atoms with Crippen molar-refractivity contribution in [1.82, 2.24) is 0 Å². The van der Waals surface area contributed by atoms with E-state index < -0.39 is 0 Å². The van der Waals surface area contributed by atoms with Crippen molar-refractivity contribution in [2.24, 2.45) is 11.3 Å². The van der Waals surface area contributed by atoms with Crippen LogP contribution in [0.15, 0.2) is 0 Å². The van der Waals surface area contributed by atoms with Crippen molar-refractivity contribution < 1.29 is 9.84 Å². The maximum absolute atomic E-state index is 10.0. The molecule has 2 nitrogen and oxygen atoms in total. The highest BCUT2D eigenvalue weighted by molar-refractivity contribution is 4.98. The molecular formula is C11H20O2. The summed E-state index contributed by atoms with van der Waals surface area (Å²) < 4.78 is 5.70. The molecule has 0 aromatic rings. The zero-order valence-electron chi connectivity index (χ0n) is 8.79. The predicted molar refractivity (Wildman–Crippen MR) is 51.5 cm³/mol. The molecule has 0 aromatic heterocycles. The molecule has 76 valence electrons. The van der Waals surface area contributed by atoms with Crippen LogP contribution in [0.25, 0.3) is 0 Å². The van der Waals surface area contributed by atoms with Crippen LogP contribution in [0.2, 0.25) is 0 Å². The molecule has 1 N–H and O–H groups in total. The van der Waals surface area contributed by atoms with Crippen LogP contribution in [0.3, 0.4) is 0 Å². The largest absolute Gasteiger partial charge is 0.390 e. The summed E-state index contributed by atoms with van der Waals surface area (Å²) in [5.41, 5.74) is -0.0434. The Hall–Kier alpha value is -0.0800. The van der Waals surface area contributed by atoms with Gasteiger partial charge < -0.3 is 9.84 Å². The molecule has 0 spiro atoms. The Morgan fingerprint density at radius 1 is 1.31 bits per heavy atom. The van der Waals surface area contributed by atoms with Gasteiger partial charge in [-0.15, -0.1) is 0 Å².